The number of benzene rings is 1. The van der Waals surface area contributed by atoms with E-state index in [-0.39, 0.29) is 10.2 Å². The highest BCUT2D eigenvalue weighted by atomic mass is 79.9. The molecule has 2 N–H and O–H groups in total. The van der Waals surface area contributed by atoms with E-state index in [0.29, 0.717) is 17.8 Å². The molecule has 7 heteroatoms. The molecule has 1 aromatic rings. The third kappa shape index (κ3) is 4.25. The molecule has 0 bridgehead atoms. The van der Waals surface area contributed by atoms with E-state index >= 15 is 0 Å². The molecule has 4 nitrogen and oxygen atoms in total. The van der Waals surface area contributed by atoms with Crippen molar-refractivity contribution in [2.75, 3.05) is 24.1 Å². The Balaban J connectivity index is 2.92. The van der Waals surface area contributed by atoms with Gasteiger partial charge in [0.25, 0.3) is 0 Å². The second-order valence-corrected chi connectivity index (χ2v) is 6.30. The molecule has 0 radical (unpaired) electrons. The quantitative estimate of drug-likeness (QED) is 0.869. The van der Waals surface area contributed by atoms with E-state index in [1.54, 1.807) is 14.0 Å². The summed E-state index contributed by atoms with van der Waals surface area (Å²) in [5.74, 6) is -0.446. The maximum absolute atomic E-state index is 13.2. The Bertz CT molecular complexity index is 505. The molecule has 0 saturated carbocycles. The van der Waals surface area contributed by atoms with Gasteiger partial charge in [-0.05, 0) is 47.6 Å². The maximum atomic E-state index is 13.2. The summed E-state index contributed by atoms with van der Waals surface area (Å²) in [6, 6.07) is 2.70. The van der Waals surface area contributed by atoms with Crippen LogP contribution in [-0.4, -0.2) is 27.8 Å². The van der Waals surface area contributed by atoms with Crippen molar-refractivity contribution in [3.63, 3.8) is 0 Å². The van der Waals surface area contributed by atoms with Gasteiger partial charge in [-0.25, -0.2) is 12.8 Å². The molecule has 0 aliphatic carbocycles. The lowest BCUT2D eigenvalue weighted by Gasteiger charge is -2.11. The zero-order valence-electron chi connectivity index (χ0n) is 9.55. The van der Waals surface area contributed by atoms with Crippen molar-refractivity contribution >= 4 is 31.6 Å². The van der Waals surface area contributed by atoms with Crippen LogP contribution in [-0.2, 0) is 10.0 Å². The maximum Gasteiger partial charge on any atom is 0.233 e. The van der Waals surface area contributed by atoms with Gasteiger partial charge in [0.2, 0.25) is 10.0 Å². The number of sulfonamides is 1. The molecule has 17 heavy (non-hydrogen) atoms. The summed E-state index contributed by atoms with van der Waals surface area (Å²) in [6.45, 7) is 2.00. The Labute approximate surface area is 109 Å². The van der Waals surface area contributed by atoms with E-state index in [0.717, 1.165) is 0 Å². The SMILES string of the molecule is CNCCS(=O)(=O)Nc1cc(Br)c(F)cc1C. The van der Waals surface area contributed by atoms with Crippen LogP contribution in [0.5, 0.6) is 0 Å². The first-order chi connectivity index (χ1) is 7.85. The number of rotatable bonds is 5. The van der Waals surface area contributed by atoms with Gasteiger partial charge in [0.1, 0.15) is 5.82 Å². The van der Waals surface area contributed by atoms with Crippen LogP contribution < -0.4 is 10.0 Å². The van der Waals surface area contributed by atoms with Gasteiger partial charge in [0, 0.05) is 6.54 Å². The molecule has 0 aromatic heterocycles. The molecule has 0 aliphatic heterocycles. The van der Waals surface area contributed by atoms with Gasteiger partial charge < -0.3 is 5.32 Å². The van der Waals surface area contributed by atoms with E-state index in [1.807, 2.05) is 0 Å². The van der Waals surface area contributed by atoms with Crippen LogP contribution in [0.1, 0.15) is 5.56 Å². The Hall–Kier alpha value is -0.660. The average molecular weight is 325 g/mol. The predicted molar refractivity (Wildman–Crippen MR) is 70.2 cm³/mol. The lowest BCUT2D eigenvalue weighted by Crippen LogP contribution is -2.24. The van der Waals surface area contributed by atoms with Crippen molar-refractivity contribution in [2.45, 2.75) is 6.92 Å². The van der Waals surface area contributed by atoms with Crippen LogP contribution in [0.4, 0.5) is 10.1 Å². The molecule has 0 saturated heterocycles. The van der Waals surface area contributed by atoms with Gasteiger partial charge in [-0.2, -0.15) is 0 Å². The predicted octanol–water partition coefficient (Wildman–Crippen LogP) is 1.86. The standard InChI is InChI=1S/C10H14BrFN2O2S/c1-7-5-9(12)8(11)6-10(7)14-17(15,16)4-3-13-2/h5-6,13-14H,3-4H2,1-2H3. The minimum absolute atomic E-state index is 0.0298. The smallest absolute Gasteiger partial charge is 0.233 e. The van der Waals surface area contributed by atoms with E-state index in [4.69, 9.17) is 0 Å². The van der Waals surface area contributed by atoms with E-state index < -0.39 is 15.8 Å². The molecule has 0 heterocycles. The van der Waals surface area contributed by atoms with Crippen LogP contribution >= 0.6 is 15.9 Å². The largest absolute Gasteiger partial charge is 0.319 e. The molecular formula is C10H14BrFN2O2S. The zero-order chi connectivity index (χ0) is 13.1. The van der Waals surface area contributed by atoms with Crippen molar-refractivity contribution in [1.29, 1.82) is 0 Å². The van der Waals surface area contributed by atoms with Gasteiger partial charge >= 0.3 is 0 Å². The first kappa shape index (κ1) is 14.4. The minimum Gasteiger partial charge on any atom is -0.319 e. The Kier molecular flexibility index (Phi) is 4.91. The van der Waals surface area contributed by atoms with Crippen molar-refractivity contribution in [1.82, 2.24) is 5.32 Å². The summed E-state index contributed by atoms with van der Waals surface area (Å²) in [7, 11) is -1.73. The second kappa shape index (κ2) is 5.79. The van der Waals surface area contributed by atoms with E-state index in [9.17, 15) is 12.8 Å². The first-order valence-electron chi connectivity index (χ1n) is 4.96. The molecule has 1 aromatic carbocycles. The van der Waals surface area contributed by atoms with Crippen LogP contribution in [0.3, 0.4) is 0 Å². The topological polar surface area (TPSA) is 58.2 Å². The minimum atomic E-state index is -3.40. The van der Waals surface area contributed by atoms with Crippen molar-refractivity contribution in [3.05, 3.63) is 28.0 Å². The van der Waals surface area contributed by atoms with E-state index in [1.165, 1.54) is 12.1 Å². The van der Waals surface area contributed by atoms with Crippen LogP contribution in [0.25, 0.3) is 0 Å². The summed E-state index contributed by atoms with van der Waals surface area (Å²) in [5, 5.41) is 2.76. The average Bonchev–Trinajstić information content (AvgIpc) is 2.23. The highest BCUT2D eigenvalue weighted by molar-refractivity contribution is 9.10. The Morgan fingerprint density at radius 2 is 2.06 bits per heavy atom. The Morgan fingerprint density at radius 1 is 1.41 bits per heavy atom. The van der Waals surface area contributed by atoms with Gasteiger partial charge in [-0.1, -0.05) is 0 Å². The third-order valence-corrected chi connectivity index (χ3v) is 4.03. The Morgan fingerprint density at radius 3 is 2.65 bits per heavy atom. The fourth-order valence-corrected chi connectivity index (χ4v) is 2.68. The van der Waals surface area contributed by atoms with Gasteiger partial charge in [-0.15, -0.1) is 0 Å². The molecular weight excluding hydrogens is 311 g/mol. The lowest BCUT2D eigenvalue weighted by atomic mass is 10.2. The van der Waals surface area contributed by atoms with Crippen LogP contribution in [0, 0.1) is 12.7 Å². The lowest BCUT2D eigenvalue weighted by molar-refractivity contribution is 0.598. The first-order valence-corrected chi connectivity index (χ1v) is 7.41. The summed E-state index contributed by atoms with van der Waals surface area (Å²) in [5.41, 5.74) is 0.924. The normalized spacial score (nSPS) is 11.5. The number of anilines is 1. The van der Waals surface area contributed by atoms with Crippen molar-refractivity contribution in [3.8, 4) is 0 Å². The summed E-state index contributed by atoms with van der Waals surface area (Å²) < 4.78 is 39.1. The van der Waals surface area contributed by atoms with Gasteiger partial charge in [0.15, 0.2) is 0 Å². The number of hydrogen-bond acceptors (Lipinski definition) is 3. The van der Waals surface area contributed by atoms with Crippen LogP contribution in [0.2, 0.25) is 0 Å². The van der Waals surface area contributed by atoms with E-state index in [2.05, 4.69) is 26.0 Å². The summed E-state index contributed by atoms with van der Waals surface area (Å²) in [4.78, 5) is 0. The van der Waals surface area contributed by atoms with Crippen molar-refractivity contribution < 1.29 is 12.8 Å². The molecule has 0 fully saturated rings. The second-order valence-electron chi connectivity index (χ2n) is 3.61. The molecule has 0 aliphatic rings. The number of aryl methyl sites for hydroxylation is 1. The summed E-state index contributed by atoms with van der Waals surface area (Å²) in [6.07, 6.45) is 0. The number of halogens is 2. The zero-order valence-corrected chi connectivity index (χ0v) is 12.0. The van der Waals surface area contributed by atoms with Gasteiger partial charge in [-0.3, -0.25) is 4.72 Å². The fourth-order valence-electron chi connectivity index (χ4n) is 1.21. The van der Waals surface area contributed by atoms with Crippen molar-refractivity contribution in [2.24, 2.45) is 0 Å². The number of hydrogen-bond donors (Lipinski definition) is 2. The fraction of sp³-hybridized carbons (Fsp3) is 0.400. The molecule has 0 unspecified atom stereocenters. The monoisotopic (exact) mass is 324 g/mol. The molecule has 0 amide bonds. The molecule has 0 spiro atoms. The molecule has 96 valence electrons. The highest BCUT2D eigenvalue weighted by Gasteiger charge is 2.13. The molecule has 0 atom stereocenters. The van der Waals surface area contributed by atoms with Crippen LogP contribution in [0.15, 0.2) is 16.6 Å². The highest BCUT2D eigenvalue weighted by Crippen LogP contribution is 2.24. The van der Waals surface area contributed by atoms with Gasteiger partial charge in [0.05, 0.1) is 15.9 Å². The summed E-state index contributed by atoms with van der Waals surface area (Å²) >= 11 is 3.02. The molecule has 1 rings (SSSR count). The number of nitrogens with one attached hydrogen (secondary N) is 2. The third-order valence-electron chi connectivity index (χ3n) is 2.15.